The number of nitrogens with zero attached hydrogens (tertiary/aromatic N) is 1. The lowest BCUT2D eigenvalue weighted by atomic mass is 9.99. The molecule has 3 aromatic rings. The number of hydrogen-bond acceptors (Lipinski definition) is 6. The molecule has 0 aliphatic carbocycles. The van der Waals surface area contributed by atoms with Crippen LogP contribution < -0.4 is 0 Å². The Morgan fingerprint density at radius 1 is 0.806 bits per heavy atom. The van der Waals surface area contributed by atoms with Gasteiger partial charge >= 0.3 is 6.09 Å². The van der Waals surface area contributed by atoms with Crippen LogP contribution in [0.3, 0.4) is 0 Å². The number of carbonyl (C=O) groups excluding carboxylic acids is 1. The van der Waals surface area contributed by atoms with Gasteiger partial charge in [0.2, 0.25) is 5.79 Å². The zero-order valence-electron chi connectivity index (χ0n) is 19.5. The maximum absolute atomic E-state index is 14.2. The summed E-state index contributed by atoms with van der Waals surface area (Å²) >= 11 is 0. The van der Waals surface area contributed by atoms with Gasteiger partial charge in [-0.1, -0.05) is 91.0 Å². The lowest BCUT2D eigenvalue weighted by Gasteiger charge is -2.35. The minimum Gasteiger partial charge on any atom is -0.453 e. The largest absolute Gasteiger partial charge is 0.453 e. The fraction of sp³-hybridized carbons (Fsp3) is 0.250. The summed E-state index contributed by atoms with van der Waals surface area (Å²) in [6.07, 6.45) is 1.71. The predicted octanol–water partition coefficient (Wildman–Crippen LogP) is 4.44. The second kappa shape index (κ2) is 8.58. The predicted molar refractivity (Wildman–Crippen MR) is 132 cm³/mol. The molecule has 2 bridgehead atoms. The minimum atomic E-state index is -4.00. The normalized spacial score (nSPS) is 28.0. The molecule has 0 N–H and O–H groups in total. The topological polar surface area (TPSA) is 82.1 Å². The monoisotopic (exact) mass is 503 g/mol. The summed E-state index contributed by atoms with van der Waals surface area (Å²) in [5, 5.41) is -1.19. The lowest BCUT2D eigenvalue weighted by molar-refractivity contribution is -0.178. The number of fused-ring (bicyclic) bond motifs is 3. The Morgan fingerprint density at radius 3 is 1.81 bits per heavy atom. The summed E-state index contributed by atoms with van der Waals surface area (Å²) in [6.45, 7) is 0. The molecule has 184 valence electrons. The van der Waals surface area contributed by atoms with Crippen LogP contribution in [0.15, 0.2) is 108 Å². The van der Waals surface area contributed by atoms with Crippen LogP contribution in [-0.4, -0.2) is 49.6 Å². The van der Waals surface area contributed by atoms with E-state index in [9.17, 15) is 13.2 Å². The molecule has 3 aromatic carbocycles. The van der Waals surface area contributed by atoms with Crippen molar-refractivity contribution in [2.75, 3.05) is 7.11 Å². The number of amides is 1. The number of hydrogen-bond donors (Lipinski definition) is 0. The van der Waals surface area contributed by atoms with Gasteiger partial charge in [0.15, 0.2) is 9.84 Å². The molecule has 2 saturated heterocycles. The SMILES string of the molecule is COC(=O)N1[C@@H]2C=C[C@H]1C1(O[C@H](c3ccccc3)[C@@H](c3ccccc3)O1)[C@@H]2S(=O)(=O)c1ccccc1. The first kappa shape index (κ1) is 23.0. The third-order valence-electron chi connectivity index (χ3n) is 7.18. The van der Waals surface area contributed by atoms with Crippen molar-refractivity contribution in [2.45, 2.75) is 40.2 Å². The van der Waals surface area contributed by atoms with Crippen molar-refractivity contribution in [3.8, 4) is 0 Å². The molecule has 7 nitrogen and oxygen atoms in total. The summed E-state index contributed by atoms with van der Waals surface area (Å²) in [7, 11) is -2.72. The molecule has 1 spiro atoms. The van der Waals surface area contributed by atoms with Crippen LogP contribution in [0.5, 0.6) is 0 Å². The van der Waals surface area contributed by atoms with E-state index in [1.54, 1.807) is 42.5 Å². The molecule has 0 radical (unpaired) electrons. The number of benzene rings is 3. The highest BCUT2D eigenvalue weighted by atomic mass is 32.2. The van der Waals surface area contributed by atoms with Crippen LogP contribution in [-0.2, 0) is 24.0 Å². The molecule has 0 saturated carbocycles. The van der Waals surface area contributed by atoms with Gasteiger partial charge < -0.3 is 14.2 Å². The van der Waals surface area contributed by atoms with Crippen molar-refractivity contribution in [3.63, 3.8) is 0 Å². The van der Waals surface area contributed by atoms with E-state index in [1.807, 2.05) is 60.7 Å². The quantitative estimate of drug-likeness (QED) is 0.490. The van der Waals surface area contributed by atoms with Crippen molar-refractivity contribution in [3.05, 3.63) is 114 Å². The first-order valence-corrected chi connectivity index (χ1v) is 13.3. The Morgan fingerprint density at radius 2 is 1.31 bits per heavy atom. The highest BCUT2D eigenvalue weighted by Gasteiger charge is 2.73. The van der Waals surface area contributed by atoms with Crippen LogP contribution in [0, 0.1) is 0 Å². The molecule has 36 heavy (non-hydrogen) atoms. The van der Waals surface area contributed by atoms with E-state index in [0.29, 0.717) is 0 Å². The molecule has 0 aromatic heterocycles. The van der Waals surface area contributed by atoms with Crippen LogP contribution in [0.4, 0.5) is 4.79 Å². The van der Waals surface area contributed by atoms with Gasteiger partial charge in [0.05, 0.1) is 18.0 Å². The van der Waals surface area contributed by atoms with E-state index < -0.39 is 51.3 Å². The Labute approximate surface area is 209 Å². The molecule has 3 aliphatic heterocycles. The highest BCUT2D eigenvalue weighted by Crippen LogP contribution is 2.58. The number of rotatable bonds is 4. The molecule has 6 rings (SSSR count). The summed E-state index contributed by atoms with van der Waals surface area (Å²) < 4.78 is 46.8. The van der Waals surface area contributed by atoms with E-state index in [4.69, 9.17) is 14.2 Å². The molecule has 0 unspecified atom stereocenters. The standard InChI is InChI=1S/C28H25NO6S/c1-33-27(30)29-22-17-18-23(29)28(26(22)36(31,32)21-15-9-4-10-16-21)34-24(19-11-5-2-6-12-19)25(35-28)20-13-7-3-8-14-20/h2-18,22-26H,1H3/t22-,23+,24-,25-,26-/m1/s1. The average molecular weight is 504 g/mol. The van der Waals surface area contributed by atoms with Crippen molar-refractivity contribution in [1.29, 1.82) is 0 Å². The highest BCUT2D eigenvalue weighted by molar-refractivity contribution is 7.92. The van der Waals surface area contributed by atoms with Crippen molar-refractivity contribution < 1.29 is 27.4 Å². The van der Waals surface area contributed by atoms with Crippen molar-refractivity contribution >= 4 is 15.9 Å². The Kier molecular flexibility index (Phi) is 5.48. The number of ether oxygens (including phenoxy) is 3. The second-order valence-electron chi connectivity index (χ2n) is 9.10. The molecule has 5 atom stereocenters. The molecule has 1 amide bonds. The number of sulfone groups is 1. The lowest BCUT2D eigenvalue weighted by Crippen LogP contribution is -2.54. The van der Waals surface area contributed by atoms with Crippen LogP contribution in [0.2, 0.25) is 0 Å². The zero-order valence-corrected chi connectivity index (χ0v) is 20.3. The van der Waals surface area contributed by atoms with Crippen molar-refractivity contribution in [2.24, 2.45) is 0 Å². The van der Waals surface area contributed by atoms with Crippen LogP contribution >= 0.6 is 0 Å². The van der Waals surface area contributed by atoms with Crippen molar-refractivity contribution in [1.82, 2.24) is 4.90 Å². The van der Waals surface area contributed by atoms with Crippen LogP contribution in [0.1, 0.15) is 23.3 Å². The Hall–Kier alpha value is -3.46. The average Bonchev–Trinajstić information content (AvgIpc) is 3.60. The van der Waals surface area contributed by atoms with Crippen LogP contribution in [0.25, 0.3) is 0 Å². The van der Waals surface area contributed by atoms with Gasteiger partial charge in [0.1, 0.15) is 23.5 Å². The van der Waals surface area contributed by atoms with Gasteiger partial charge in [0.25, 0.3) is 0 Å². The van der Waals surface area contributed by atoms with E-state index in [1.165, 1.54) is 12.0 Å². The van der Waals surface area contributed by atoms with Gasteiger partial charge in [0, 0.05) is 0 Å². The smallest absolute Gasteiger partial charge is 0.410 e. The van der Waals surface area contributed by atoms with E-state index in [0.717, 1.165) is 11.1 Å². The number of carbonyl (C=O) groups is 1. The third kappa shape index (κ3) is 3.32. The maximum atomic E-state index is 14.2. The van der Waals surface area contributed by atoms with Gasteiger partial charge in [-0.05, 0) is 23.3 Å². The number of methoxy groups -OCH3 is 1. The summed E-state index contributed by atoms with van der Waals surface area (Å²) in [6, 6.07) is 25.8. The molecular formula is C28H25NO6S. The maximum Gasteiger partial charge on any atom is 0.410 e. The molecule has 3 heterocycles. The summed E-state index contributed by atoms with van der Waals surface area (Å²) in [5.74, 6) is -1.64. The fourth-order valence-electron chi connectivity index (χ4n) is 5.66. The summed E-state index contributed by atoms with van der Waals surface area (Å²) in [4.78, 5) is 14.4. The Bertz CT molecular complexity index is 1350. The Balaban J connectivity index is 1.53. The minimum absolute atomic E-state index is 0.145. The van der Waals surface area contributed by atoms with E-state index in [2.05, 4.69) is 0 Å². The molecular weight excluding hydrogens is 478 g/mol. The first-order chi connectivity index (χ1) is 17.5. The molecule has 2 fully saturated rings. The molecule has 3 aliphatic rings. The van der Waals surface area contributed by atoms with Gasteiger partial charge in [-0.25, -0.2) is 13.2 Å². The first-order valence-electron chi connectivity index (χ1n) is 11.8. The van der Waals surface area contributed by atoms with Gasteiger partial charge in [-0.15, -0.1) is 0 Å². The second-order valence-corrected chi connectivity index (χ2v) is 11.2. The van der Waals surface area contributed by atoms with E-state index in [-0.39, 0.29) is 4.90 Å². The van der Waals surface area contributed by atoms with E-state index >= 15 is 0 Å². The van der Waals surface area contributed by atoms with Gasteiger partial charge in [-0.2, -0.15) is 0 Å². The third-order valence-corrected chi connectivity index (χ3v) is 9.38. The fourth-order valence-corrected chi connectivity index (χ4v) is 7.76. The van der Waals surface area contributed by atoms with Gasteiger partial charge in [-0.3, -0.25) is 4.90 Å². The molecule has 8 heteroatoms. The zero-order chi connectivity index (χ0) is 24.9. The summed E-state index contributed by atoms with van der Waals surface area (Å²) in [5.41, 5.74) is 1.71.